The lowest BCUT2D eigenvalue weighted by atomic mass is 10.1. The molecule has 2 amide bonds. The van der Waals surface area contributed by atoms with Gasteiger partial charge in [-0.3, -0.25) is 9.59 Å². The number of ether oxygens (including phenoxy) is 1. The van der Waals surface area contributed by atoms with Gasteiger partial charge in [0.05, 0.1) is 11.6 Å². The maximum atomic E-state index is 12.9. The molecule has 2 fully saturated rings. The van der Waals surface area contributed by atoms with Crippen molar-refractivity contribution in [1.82, 2.24) is 14.8 Å². The number of hydrogen-bond donors (Lipinski definition) is 0. The fraction of sp³-hybridized carbons (Fsp3) is 0.400. The molecule has 0 spiro atoms. The highest BCUT2D eigenvalue weighted by Gasteiger charge is 2.33. The number of amides is 2. The van der Waals surface area contributed by atoms with Crippen molar-refractivity contribution < 1.29 is 18.7 Å². The zero-order valence-electron chi connectivity index (χ0n) is 15.3. The first-order valence-corrected chi connectivity index (χ1v) is 9.27. The highest BCUT2D eigenvalue weighted by Crippen LogP contribution is 2.31. The van der Waals surface area contributed by atoms with E-state index in [4.69, 9.17) is 14.4 Å². The van der Waals surface area contributed by atoms with Crippen LogP contribution in [0.2, 0.25) is 0 Å². The number of carbonyl (C=O) groups excluding carboxylic acids is 2. The maximum Gasteiger partial charge on any atom is 0.276 e. The van der Waals surface area contributed by atoms with Gasteiger partial charge < -0.3 is 19.0 Å². The molecule has 28 heavy (non-hydrogen) atoms. The minimum atomic E-state index is -0.300. The average molecular weight is 380 g/mol. The van der Waals surface area contributed by atoms with Gasteiger partial charge in [0.2, 0.25) is 5.91 Å². The molecular formula is C20H20N4O4. The van der Waals surface area contributed by atoms with E-state index in [0.717, 1.165) is 18.4 Å². The molecule has 0 N–H and O–H groups in total. The van der Waals surface area contributed by atoms with Crippen LogP contribution in [0.1, 0.15) is 46.3 Å². The van der Waals surface area contributed by atoms with E-state index >= 15 is 0 Å². The van der Waals surface area contributed by atoms with E-state index < -0.39 is 0 Å². The van der Waals surface area contributed by atoms with Gasteiger partial charge in [0.1, 0.15) is 12.6 Å². The van der Waals surface area contributed by atoms with Crippen LogP contribution < -0.4 is 0 Å². The predicted octanol–water partition coefficient (Wildman–Crippen LogP) is 1.88. The number of aromatic nitrogens is 1. The molecule has 0 aliphatic carbocycles. The van der Waals surface area contributed by atoms with Crippen LogP contribution in [-0.4, -0.2) is 52.8 Å². The van der Waals surface area contributed by atoms with E-state index in [9.17, 15) is 9.59 Å². The lowest BCUT2D eigenvalue weighted by molar-refractivity contribution is -0.135. The Bertz CT molecular complexity index is 909. The summed E-state index contributed by atoms with van der Waals surface area (Å²) in [5, 5.41) is 8.87. The fourth-order valence-electron chi connectivity index (χ4n) is 3.53. The summed E-state index contributed by atoms with van der Waals surface area (Å²) in [5.41, 5.74) is 1.77. The highest BCUT2D eigenvalue weighted by molar-refractivity contribution is 5.96. The third-order valence-electron chi connectivity index (χ3n) is 5.08. The Labute approximate surface area is 162 Å². The predicted molar refractivity (Wildman–Crippen MR) is 96.9 cm³/mol. The van der Waals surface area contributed by atoms with Crippen molar-refractivity contribution in [2.45, 2.75) is 25.5 Å². The molecule has 2 aromatic rings. The van der Waals surface area contributed by atoms with Gasteiger partial charge in [0, 0.05) is 26.2 Å². The Balaban J connectivity index is 1.40. The van der Waals surface area contributed by atoms with Crippen LogP contribution in [-0.2, 0) is 16.1 Å². The Morgan fingerprint density at radius 1 is 1.29 bits per heavy atom. The van der Waals surface area contributed by atoms with Gasteiger partial charge in [-0.25, -0.2) is 4.98 Å². The first kappa shape index (κ1) is 18.2. The molecule has 0 radical (unpaired) electrons. The van der Waals surface area contributed by atoms with Crippen molar-refractivity contribution in [2.75, 3.05) is 26.2 Å². The molecule has 2 saturated heterocycles. The van der Waals surface area contributed by atoms with Crippen molar-refractivity contribution in [3.8, 4) is 6.07 Å². The van der Waals surface area contributed by atoms with E-state index in [2.05, 4.69) is 11.1 Å². The summed E-state index contributed by atoms with van der Waals surface area (Å²) in [7, 11) is 0. The number of carbonyl (C=O) groups is 2. The number of nitriles is 1. The Morgan fingerprint density at radius 3 is 2.79 bits per heavy atom. The molecular weight excluding hydrogens is 360 g/mol. The molecule has 8 heteroatoms. The molecule has 2 aliphatic rings. The molecule has 3 heterocycles. The first-order valence-electron chi connectivity index (χ1n) is 9.27. The SMILES string of the molecule is N#Cc1ccc(CN2CCN(C(=O)c3ncoc3C3CCCO3)CC2=O)cc1. The van der Waals surface area contributed by atoms with Gasteiger partial charge in [-0.05, 0) is 30.5 Å². The molecule has 0 bridgehead atoms. The lowest BCUT2D eigenvalue weighted by Gasteiger charge is -2.34. The van der Waals surface area contributed by atoms with Crippen molar-refractivity contribution in [3.63, 3.8) is 0 Å². The van der Waals surface area contributed by atoms with Gasteiger partial charge in [-0.1, -0.05) is 12.1 Å². The molecule has 0 saturated carbocycles. The van der Waals surface area contributed by atoms with E-state index in [-0.39, 0.29) is 30.2 Å². The largest absolute Gasteiger partial charge is 0.445 e. The summed E-state index contributed by atoms with van der Waals surface area (Å²) in [5.74, 6) is 0.0340. The Morgan fingerprint density at radius 2 is 2.11 bits per heavy atom. The van der Waals surface area contributed by atoms with E-state index in [0.29, 0.717) is 37.6 Å². The summed E-state index contributed by atoms with van der Waals surface area (Å²) in [6, 6.07) is 9.22. The first-order chi connectivity index (χ1) is 13.7. The highest BCUT2D eigenvalue weighted by atomic mass is 16.5. The van der Waals surface area contributed by atoms with Gasteiger partial charge in [-0.2, -0.15) is 5.26 Å². The van der Waals surface area contributed by atoms with Gasteiger partial charge in [0.15, 0.2) is 17.8 Å². The van der Waals surface area contributed by atoms with Crippen LogP contribution in [0.15, 0.2) is 35.1 Å². The molecule has 4 rings (SSSR count). The van der Waals surface area contributed by atoms with Gasteiger partial charge in [0.25, 0.3) is 5.91 Å². The number of piperazine rings is 1. The monoisotopic (exact) mass is 380 g/mol. The number of oxazole rings is 1. The quantitative estimate of drug-likeness (QED) is 0.803. The van der Waals surface area contributed by atoms with Crippen molar-refractivity contribution >= 4 is 11.8 Å². The zero-order valence-corrected chi connectivity index (χ0v) is 15.3. The third-order valence-corrected chi connectivity index (χ3v) is 5.08. The number of nitrogens with zero attached hydrogens (tertiary/aromatic N) is 4. The van der Waals surface area contributed by atoms with E-state index in [1.807, 2.05) is 12.1 Å². The van der Waals surface area contributed by atoms with Crippen molar-refractivity contribution in [2.24, 2.45) is 0 Å². The lowest BCUT2D eigenvalue weighted by Crippen LogP contribution is -2.52. The molecule has 144 valence electrons. The average Bonchev–Trinajstić information content (AvgIpc) is 3.41. The molecule has 1 aromatic carbocycles. The number of rotatable bonds is 4. The van der Waals surface area contributed by atoms with Crippen LogP contribution >= 0.6 is 0 Å². The standard InChI is InChI=1S/C20H20N4O4/c21-10-14-3-5-15(6-4-14)11-23-7-8-24(12-17(23)25)20(26)18-19(28-13-22-18)16-2-1-9-27-16/h3-6,13,16H,1-2,7-9,11-12H2. The topological polar surface area (TPSA) is 99.7 Å². The molecule has 1 aromatic heterocycles. The molecule has 8 nitrogen and oxygen atoms in total. The summed E-state index contributed by atoms with van der Waals surface area (Å²) >= 11 is 0. The number of benzene rings is 1. The van der Waals surface area contributed by atoms with Gasteiger partial charge in [-0.15, -0.1) is 0 Å². The summed E-state index contributed by atoms with van der Waals surface area (Å²) in [4.78, 5) is 32.7. The van der Waals surface area contributed by atoms with Crippen LogP contribution in [0.5, 0.6) is 0 Å². The summed E-state index contributed by atoms with van der Waals surface area (Å²) in [6.07, 6.45) is 2.74. The number of hydrogen-bond acceptors (Lipinski definition) is 6. The van der Waals surface area contributed by atoms with E-state index in [1.165, 1.54) is 11.3 Å². The third kappa shape index (κ3) is 3.62. The summed E-state index contributed by atoms with van der Waals surface area (Å²) < 4.78 is 11.0. The molecule has 1 atom stereocenters. The fourth-order valence-corrected chi connectivity index (χ4v) is 3.53. The molecule has 2 aliphatic heterocycles. The zero-order chi connectivity index (χ0) is 19.5. The minimum absolute atomic E-state index is 0.00688. The normalized spacial score (nSPS) is 19.7. The van der Waals surface area contributed by atoms with Crippen LogP contribution in [0.4, 0.5) is 0 Å². The minimum Gasteiger partial charge on any atom is -0.445 e. The Kier molecular flexibility index (Phi) is 5.08. The summed E-state index contributed by atoms with van der Waals surface area (Å²) in [6.45, 7) is 1.98. The van der Waals surface area contributed by atoms with Crippen molar-refractivity contribution in [1.29, 1.82) is 5.26 Å². The second-order valence-electron chi connectivity index (χ2n) is 6.92. The molecule has 1 unspecified atom stereocenters. The second kappa shape index (κ2) is 7.82. The van der Waals surface area contributed by atoms with Crippen LogP contribution in [0.25, 0.3) is 0 Å². The maximum absolute atomic E-state index is 12.9. The smallest absolute Gasteiger partial charge is 0.276 e. The van der Waals surface area contributed by atoms with Crippen LogP contribution in [0, 0.1) is 11.3 Å². The van der Waals surface area contributed by atoms with Crippen molar-refractivity contribution in [3.05, 3.63) is 53.2 Å². The Hall–Kier alpha value is -3.18. The van der Waals surface area contributed by atoms with E-state index in [1.54, 1.807) is 17.0 Å². The van der Waals surface area contributed by atoms with Crippen LogP contribution in [0.3, 0.4) is 0 Å². The second-order valence-corrected chi connectivity index (χ2v) is 6.92. The van der Waals surface area contributed by atoms with Gasteiger partial charge >= 0.3 is 0 Å².